The quantitative estimate of drug-likeness (QED) is 0.558. The van der Waals surface area contributed by atoms with Gasteiger partial charge in [-0.1, -0.05) is 42.5 Å². The van der Waals surface area contributed by atoms with Crippen molar-refractivity contribution in [2.75, 3.05) is 26.3 Å². The Balaban J connectivity index is 1.51. The van der Waals surface area contributed by atoms with Crippen LogP contribution in [0.2, 0.25) is 0 Å². The van der Waals surface area contributed by atoms with Gasteiger partial charge in [-0.15, -0.1) is 0 Å². The number of hydrogen-bond acceptors (Lipinski definition) is 6. The van der Waals surface area contributed by atoms with Gasteiger partial charge in [0.15, 0.2) is 0 Å². The maximum Gasteiger partial charge on any atom is 0.308 e. The molecule has 1 aromatic heterocycles. The number of morpholine rings is 1. The summed E-state index contributed by atoms with van der Waals surface area (Å²) in [6.45, 7) is 6.83. The number of fused-ring (bicyclic) bond motifs is 1. The molecule has 0 bridgehead atoms. The lowest BCUT2D eigenvalue weighted by Crippen LogP contribution is -2.36. The van der Waals surface area contributed by atoms with Gasteiger partial charge in [-0.05, 0) is 35.7 Å². The van der Waals surface area contributed by atoms with Gasteiger partial charge < -0.3 is 4.74 Å². The molecule has 166 valence electrons. The van der Waals surface area contributed by atoms with Crippen LogP contribution in [-0.2, 0) is 34.4 Å². The summed E-state index contributed by atoms with van der Waals surface area (Å²) in [7, 11) is -3.70. The van der Waals surface area contributed by atoms with Gasteiger partial charge in [0.25, 0.3) is 0 Å². The molecule has 1 fully saturated rings. The van der Waals surface area contributed by atoms with E-state index in [0.29, 0.717) is 11.2 Å². The van der Waals surface area contributed by atoms with Gasteiger partial charge in [0.1, 0.15) is 0 Å². The zero-order valence-electron chi connectivity index (χ0n) is 17.5. The molecule has 0 radical (unpaired) electrons. The van der Waals surface area contributed by atoms with E-state index in [4.69, 9.17) is 4.74 Å². The van der Waals surface area contributed by atoms with Crippen molar-refractivity contribution in [3.8, 4) is 0 Å². The molecule has 3 aromatic rings. The fourth-order valence-electron chi connectivity index (χ4n) is 3.79. The summed E-state index contributed by atoms with van der Waals surface area (Å²) in [6.07, 6.45) is 0.844. The summed E-state index contributed by atoms with van der Waals surface area (Å²) >= 11 is 1.08. The molecule has 9 heteroatoms. The van der Waals surface area contributed by atoms with Crippen LogP contribution >= 0.6 is 11.3 Å². The molecule has 0 unspecified atom stereocenters. The molecule has 1 aliphatic rings. The second-order valence-corrected chi connectivity index (χ2v) is 10.4. The molecule has 7 nitrogen and oxygen atoms in total. The maximum atomic E-state index is 12.9. The first kappa shape index (κ1) is 22.2. The SMILES string of the molecule is CCCn1c(=O)sc2cc(S(=O)(=O)NCc3ccccc3CN3CCOCC3)ccc21. The molecule has 0 saturated carbocycles. The minimum absolute atomic E-state index is 0.0589. The van der Waals surface area contributed by atoms with Gasteiger partial charge in [-0.25, -0.2) is 13.1 Å². The Labute approximate surface area is 186 Å². The Morgan fingerprint density at radius 3 is 2.58 bits per heavy atom. The molecule has 0 spiro atoms. The minimum atomic E-state index is -3.70. The predicted octanol–water partition coefficient (Wildman–Crippen LogP) is 2.78. The number of ether oxygens (including phenoxy) is 1. The first-order valence-electron chi connectivity index (χ1n) is 10.5. The second-order valence-electron chi connectivity index (χ2n) is 7.63. The van der Waals surface area contributed by atoms with Crippen molar-refractivity contribution in [2.45, 2.75) is 37.9 Å². The molecule has 0 atom stereocenters. The predicted molar refractivity (Wildman–Crippen MR) is 123 cm³/mol. The topological polar surface area (TPSA) is 80.6 Å². The van der Waals surface area contributed by atoms with E-state index in [-0.39, 0.29) is 16.3 Å². The summed E-state index contributed by atoms with van der Waals surface area (Å²) < 4.78 is 36.4. The highest BCUT2D eigenvalue weighted by Gasteiger charge is 2.18. The van der Waals surface area contributed by atoms with Crippen molar-refractivity contribution in [1.29, 1.82) is 0 Å². The summed E-state index contributed by atoms with van der Waals surface area (Å²) in [5, 5.41) is 0. The van der Waals surface area contributed by atoms with Crippen LogP contribution in [0.1, 0.15) is 24.5 Å². The van der Waals surface area contributed by atoms with Gasteiger partial charge >= 0.3 is 4.87 Å². The number of aryl methyl sites for hydroxylation is 1. The normalized spacial score (nSPS) is 15.5. The highest BCUT2D eigenvalue weighted by atomic mass is 32.2. The molecule has 4 rings (SSSR count). The highest BCUT2D eigenvalue weighted by molar-refractivity contribution is 7.89. The van der Waals surface area contributed by atoms with Crippen LogP contribution in [-0.4, -0.2) is 44.2 Å². The smallest absolute Gasteiger partial charge is 0.308 e. The van der Waals surface area contributed by atoms with Crippen LogP contribution in [0.3, 0.4) is 0 Å². The van der Waals surface area contributed by atoms with Crippen LogP contribution in [0.5, 0.6) is 0 Å². The van der Waals surface area contributed by atoms with E-state index in [0.717, 1.165) is 67.2 Å². The zero-order chi connectivity index (χ0) is 21.8. The van der Waals surface area contributed by atoms with Gasteiger partial charge in [0.05, 0.1) is 28.3 Å². The number of sulfonamides is 1. The third-order valence-electron chi connectivity index (χ3n) is 5.47. The first-order valence-corrected chi connectivity index (χ1v) is 12.8. The summed E-state index contributed by atoms with van der Waals surface area (Å²) in [4.78, 5) is 14.6. The summed E-state index contributed by atoms with van der Waals surface area (Å²) in [6, 6.07) is 12.8. The number of thiazole rings is 1. The third-order valence-corrected chi connectivity index (χ3v) is 7.81. The van der Waals surface area contributed by atoms with Crippen molar-refractivity contribution in [3.63, 3.8) is 0 Å². The Bertz CT molecular complexity index is 1210. The molecule has 1 aliphatic heterocycles. The minimum Gasteiger partial charge on any atom is -0.379 e. The molecule has 2 heterocycles. The molecular formula is C22H27N3O4S2. The molecular weight excluding hydrogens is 434 g/mol. The highest BCUT2D eigenvalue weighted by Crippen LogP contribution is 2.22. The average molecular weight is 462 g/mol. The lowest BCUT2D eigenvalue weighted by Gasteiger charge is -2.27. The monoisotopic (exact) mass is 461 g/mol. The van der Waals surface area contributed by atoms with Crippen LogP contribution in [0, 0.1) is 0 Å². The Hall–Kier alpha value is -2.04. The third kappa shape index (κ3) is 5.07. The molecule has 0 aliphatic carbocycles. The second kappa shape index (κ2) is 9.62. The van der Waals surface area contributed by atoms with E-state index in [1.807, 2.05) is 31.2 Å². The lowest BCUT2D eigenvalue weighted by atomic mass is 10.1. The number of rotatable bonds is 8. The van der Waals surface area contributed by atoms with E-state index >= 15 is 0 Å². The summed E-state index contributed by atoms with van der Waals surface area (Å²) in [5.74, 6) is 0. The number of nitrogens with zero attached hydrogens (tertiary/aromatic N) is 2. The van der Waals surface area contributed by atoms with Gasteiger partial charge in [0.2, 0.25) is 10.0 Å². The fraction of sp³-hybridized carbons (Fsp3) is 0.409. The fourth-order valence-corrected chi connectivity index (χ4v) is 5.85. The van der Waals surface area contributed by atoms with Crippen molar-refractivity contribution in [1.82, 2.24) is 14.2 Å². The van der Waals surface area contributed by atoms with Crippen LogP contribution < -0.4 is 9.60 Å². The van der Waals surface area contributed by atoms with Crippen molar-refractivity contribution < 1.29 is 13.2 Å². The number of benzene rings is 2. The first-order chi connectivity index (χ1) is 15.0. The number of nitrogens with one attached hydrogen (secondary N) is 1. The number of aromatic nitrogens is 1. The zero-order valence-corrected chi connectivity index (χ0v) is 19.2. The van der Waals surface area contributed by atoms with Crippen molar-refractivity contribution in [3.05, 3.63) is 63.3 Å². The standard InChI is InChI=1S/C22H27N3O4S2/c1-2-9-25-20-8-7-19(14-21(20)30-22(25)26)31(27,28)23-15-17-5-3-4-6-18(17)16-24-10-12-29-13-11-24/h3-8,14,23H,2,9-13,15-16H2,1H3. The molecule has 1 N–H and O–H groups in total. The van der Waals surface area contributed by atoms with Gasteiger partial charge in [-0.2, -0.15) is 0 Å². The number of hydrogen-bond donors (Lipinski definition) is 1. The van der Waals surface area contributed by atoms with E-state index in [2.05, 4.69) is 9.62 Å². The van der Waals surface area contributed by atoms with Crippen LogP contribution in [0.25, 0.3) is 10.2 Å². The molecule has 1 saturated heterocycles. The maximum absolute atomic E-state index is 12.9. The van der Waals surface area contributed by atoms with E-state index < -0.39 is 10.0 Å². The Morgan fingerprint density at radius 1 is 1.10 bits per heavy atom. The van der Waals surface area contributed by atoms with Gasteiger partial charge in [-0.3, -0.25) is 14.3 Å². The van der Waals surface area contributed by atoms with E-state index in [1.165, 1.54) is 0 Å². The largest absolute Gasteiger partial charge is 0.379 e. The molecule has 0 amide bonds. The lowest BCUT2D eigenvalue weighted by molar-refractivity contribution is 0.0341. The van der Waals surface area contributed by atoms with Crippen molar-refractivity contribution in [2.24, 2.45) is 0 Å². The van der Waals surface area contributed by atoms with Gasteiger partial charge in [0, 0.05) is 32.7 Å². The Kier molecular flexibility index (Phi) is 6.88. The molecule has 31 heavy (non-hydrogen) atoms. The summed E-state index contributed by atoms with van der Waals surface area (Å²) in [5.41, 5.74) is 2.85. The molecule has 2 aromatic carbocycles. The average Bonchev–Trinajstić information content (AvgIpc) is 3.09. The Morgan fingerprint density at radius 2 is 1.84 bits per heavy atom. The van der Waals surface area contributed by atoms with E-state index in [1.54, 1.807) is 22.8 Å². The van der Waals surface area contributed by atoms with Crippen LogP contribution in [0.15, 0.2) is 52.2 Å². The van der Waals surface area contributed by atoms with Crippen molar-refractivity contribution >= 4 is 31.6 Å². The van der Waals surface area contributed by atoms with E-state index in [9.17, 15) is 13.2 Å². The van der Waals surface area contributed by atoms with Crippen LogP contribution in [0.4, 0.5) is 0 Å².